The molecule has 0 aliphatic carbocycles. The molecule has 0 unspecified atom stereocenters. The van der Waals surface area contributed by atoms with Gasteiger partial charge in [-0.25, -0.2) is 13.2 Å². The molecule has 29 heavy (non-hydrogen) atoms. The van der Waals surface area contributed by atoms with E-state index in [-0.39, 0.29) is 0 Å². The zero-order valence-electron chi connectivity index (χ0n) is 12.3. The molecule has 0 N–H and O–H groups in total. The van der Waals surface area contributed by atoms with Gasteiger partial charge in [0.05, 0.1) is 5.57 Å². The Bertz CT molecular complexity index is 593. The van der Waals surface area contributed by atoms with E-state index in [0.717, 1.165) is 0 Å². The van der Waals surface area contributed by atoms with Crippen LogP contribution in [-0.4, -0.2) is 43.0 Å². The Morgan fingerprint density at radius 2 is 0.759 bits per heavy atom. The lowest BCUT2D eigenvalue weighted by Gasteiger charge is -2.46. The van der Waals surface area contributed by atoms with Crippen molar-refractivity contribution in [2.75, 3.05) is 0 Å². The van der Waals surface area contributed by atoms with E-state index in [0.29, 0.717) is 0 Å². The first-order valence-electron chi connectivity index (χ1n) is 5.94. The molecule has 0 atom stereocenters. The SMILES string of the molecule is F/C(=C(/C(F)(F)F)C(C(F)F)(C(F)(F)C(F)(F)F)C(F)(F)C(F)(F)F)C(F)(F)F. The molecule has 0 nitrogen and oxygen atoms in total. The van der Waals surface area contributed by atoms with Crippen LogP contribution in [0.3, 0.4) is 0 Å². The fraction of sp³-hybridized carbons (Fsp3) is 0.800. The molecule has 0 bridgehead atoms. The van der Waals surface area contributed by atoms with Crippen LogP contribution in [0.4, 0.5) is 83.4 Å². The number of allylic oxidation sites excluding steroid dienone is 2. The third kappa shape index (κ3) is 4.04. The molecule has 0 fully saturated rings. The van der Waals surface area contributed by atoms with Crippen LogP contribution in [0.15, 0.2) is 11.4 Å². The molecule has 0 aromatic carbocycles. The Morgan fingerprint density at radius 3 is 0.897 bits per heavy atom. The fourth-order valence-corrected chi connectivity index (χ4v) is 2.00. The van der Waals surface area contributed by atoms with Crippen molar-refractivity contribution in [2.45, 2.75) is 43.0 Å². The standard InChI is InChI=1S/C10HF19/c11-2(6(17,18)19)1(5(14,15)16)4(3(12)13,7(20,21)9(24,25)26)8(22,23)10(27,28)29/h3H/b2-1+. The first-order chi connectivity index (χ1) is 12.2. The summed E-state index contributed by atoms with van der Waals surface area (Å²) in [6.07, 6.45) is -38.6. The molecule has 0 spiro atoms. The highest BCUT2D eigenvalue weighted by atomic mass is 19.4. The van der Waals surface area contributed by atoms with Gasteiger partial charge >= 0.3 is 36.6 Å². The van der Waals surface area contributed by atoms with Crippen molar-refractivity contribution < 1.29 is 83.4 Å². The summed E-state index contributed by atoms with van der Waals surface area (Å²) in [7, 11) is 0. The average Bonchev–Trinajstić information content (AvgIpc) is 2.37. The van der Waals surface area contributed by atoms with Crippen molar-refractivity contribution >= 4 is 0 Å². The van der Waals surface area contributed by atoms with Crippen molar-refractivity contribution in [3.8, 4) is 0 Å². The summed E-state index contributed by atoms with van der Waals surface area (Å²) in [5.41, 5.74) is -14.2. The van der Waals surface area contributed by atoms with E-state index < -0.39 is 59.8 Å². The number of hydrogen-bond acceptors (Lipinski definition) is 0. The number of hydrogen-bond donors (Lipinski definition) is 0. The van der Waals surface area contributed by atoms with E-state index in [4.69, 9.17) is 0 Å². The molecular formula is C10HF19. The van der Waals surface area contributed by atoms with Crippen LogP contribution < -0.4 is 0 Å². The van der Waals surface area contributed by atoms with Crippen LogP contribution in [0.1, 0.15) is 0 Å². The number of halogens is 19. The minimum Gasteiger partial charge on any atom is -0.209 e. The predicted molar refractivity (Wildman–Crippen MR) is 50.7 cm³/mol. The van der Waals surface area contributed by atoms with Crippen LogP contribution in [0.2, 0.25) is 0 Å². The van der Waals surface area contributed by atoms with Gasteiger partial charge in [0.2, 0.25) is 11.2 Å². The molecule has 0 heterocycles. The number of rotatable bonds is 4. The Labute approximate surface area is 144 Å². The second kappa shape index (κ2) is 6.98. The lowest BCUT2D eigenvalue weighted by molar-refractivity contribution is -0.423. The summed E-state index contributed by atoms with van der Waals surface area (Å²) < 4.78 is 241. The van der Waals surface area contributed by atoms with Crippen LogP contribution in [0.25, 0.3) is 0 Å². The Balaban J connectivity index is 8.19. The largest absolute Gasteiger partial charge is 0.454 e. The molecule has 0 aliphatic heterocycles. The number of alkyl halides is 18. The maximum Gasteiger partial charge on any atom is 0.454 e. The van der Waals surface area contributed by atoms with Crippen molar-refractivity contribution in [2.24, 2.45) is 5.41 Å². The van der Waals surface area contributed by atoms with Gasteiger partial charge in [0, 0.05) is 0 Å². The molecule has 0 rings (SSSR count). The highest BCUT2D eigenvalue weighted by molar-refractivity contribution is 5.35. The Hall–Kier alpha value is -1.59. The monoisotopic (exact) mass is 482 g/mol. The molecular weight excluding hydrogens is 481 g/mol. The maximum absolute atomic E-state index is 13.4. The fourth-order valence-electron chi connectivity index (χ4n) is 2.00. The van der Waals surface area contributed by atoms with Gasteiger partial charge in [-0.15, -0.1) is 0 Å². The summed E-state index contributed by atoms with van der Waals surface area (Å²) >= 11 is 0. The van der Waals surface area contributed by atoms with E-state index >= 15 is 0 Å². The second-order valence-electron chi connectivity index (χ2n) is 4.94. The van der Waals surface area contributed by atoms with Crippen molar-refractivity contribution in [3.63, 3.8) is 0 Å². The molecule has 0 amide bonds. The van der Waals surface area contributed by atoms with Gasteiger partial charge < -0.3 is 0 Å². The average molecular weight is 482 g/mol. The van der Waals surface area contributed by atoms with Crippen LogP contribution in [0.5, 0.6) is 0 Å². The molecule has 0 radical (unpaired) electrons. The van der Waals surface area contributed by atoms with Crippen molar-refractivity contribution in [1.29, 1.82) is 0 Å². The Morgan fingerprint density at radius 1 is 0.483 bits per heavy atom. The van der Waals surface area contributed by atoms with Gasteiger partial charge in [-0.1, -0.05) is 0 Å². The van der Waals surface area contributed by atoms with Gasteiger partial charge in [0.15, 0.2) is 0 Å². The molecule has 0 aromatic heterocycles. The van der Waals surface area contributed by atoms with Crippen LogP contribution in [-0.2, 0) is 0 Å². The highest BCUT2D eigenvalue weighted by Crippen LogP contribution is 2.68. The zero-order valence-corrected chi connectivity index (χ0v) is 12.3. The van der Waals surface area contributed by atoms with E-state index in [9.17, 15) is 83.4 Å². The van der Waals surface area contributed by atoms with Gasteiger partial charge in [-0.3, -0.25) is 0 Å². The van der Waals surface area contributed by atoms with Crippen molar-refractivity contribution in [1.82, 2.24) is 0 Å². The van der Waals surface area contributed by atoms with Crippen LogP contribution >= 0.6 is 0 Å². The third-order valence-corrected chi connectivity index (χ3v) is 3.18. The lowest BCUT2D eigenvalue weighted by atomic mass is 9.67. The highest BCUT2D eigenvalue weighted by Gasteiger charge is 2.92. The summed E-state index contributed by atoms with van der Waals surface area (Å²) in [6.45, 7) is 0. The molecule has 0 saturated carbocycles. The normalized spacial score (nSPS) is 17.0. The van der Waals surface area contributed by atoms with E-state index in [1.807, 2.05) is 0 Å². The quantitative estimate of drug-likeness (QED) is 0.380. The van der Waals surface area contributed by atoms with Gasteiger partial charge in [0.1, 0.15) is 0 Å². The summed E-state index contributed by atoms with van der Waals surface area (Å²) in [5.74, 6) is -22.7. The molecule has 0 saturated heterocycles. The zero-order chi connectivity index (χ0) is 24.2. The molecule has 0 aliphatic rings. The third-order valence-electron chi connectivity index (χ3n) is 3.18. The minimum absolute atomic E-state index is 5.49. The van der Waals surface area contributed by atoms with Crippen molar-refractivity contribution in [3.05, 3.63) is 11.4 Å². The van der Waals surface area contributed by atoms with E-state index in [1.54, 1.807) is 0 Å². The van der Waals surface area contributed by atoms with Crippen LogP contribution in [0, 0.1) is 5.41 Å². The molecule has 174 valence electrons. The first-order valence-corrected chi connectivity index (χ1v) is 5.94. The molecule has 0 aromatic rings. The topological polar surface area (TPSA) is 0 Å². The van der Waals surface area contributed by atoms with E-state index in [2.05, 4.69) is 0 Å². The second-order valence-corrected chi connectivity index (χ2v) is 4.94. The minimum atomic E-state index is -8.60. The summed E-state index contributed by atoms with van der Waals surface area (Å²) in [4.78, 5) is 0. The van der Waals surface area contributed by atoms with E-state index in [1.165, 1.54) is 0 Å². The smallest absolute Gasteiger partial charge is 0.209 e. The van der Waals surface area contributed by atoms with Gasteiger partial charge in [0.25, 0.3) is 6.43 Å². The maximum atomic E-state index is 13.4. The van der Waals surface area contributed by atoms with Gasteiger partial charge in [-0.05, 0) is 0 Å². The summed E-state index contributed by atoms with van der Waals surface area (Å²) in [6, 6.07) is 0. The predicted octanol–water partition coefficient (Wildman–Crippen LogP) is 6.98. The summed E-state index contributed by atoms with van der Waals surface area (Å²) in [5, 5.41) is 0. The van der Waals surface area contributed by atoms with Gasteiger partial charge in [-0.2, -0.15) is 70.2 Å². The Kier molecular flexibility index (Phi) is 6.60. The lowest BCUT2D eigenvalue weighted by Crippen LogP contribution is -2.70. The first kappa shape index (κ1) is 27.4. The molecule has 19 heteroatoms.